The first-order chi connectivity index (χ1) is 12.2. The quantitative estimate of drug-likeness (QED) is 0.870. The van der Waals surface area contributed by atoms with Gasteiger partial charge in [0, 0.05) is 40.2 Å². The van der Waals surface area contributed by atoms with Crippen molar-refractivity contribution in [1.29, 1.82) is 0 Å². The number of aromatic hydroxyl groups is 1. The lowest BCUT2D eigenvalue weighted by Crippen LogP contribution is -2.71. The third kappa shape index (κ3) is 2.43. The number of phenolic OH excluding ortho intramolecular Hbond substituents is 1. The van der Waals surface area contributed by atoms with Crippen LogP contribution in [0.15, 0.2) is 18.2 Å². The minimum Gasteiger partial charge on any atom is -0.504 e. The van der Waals surface area contributed by atoms with Gasteiger partial charge in [-0.2, -0.15) is 0 Å². The first-order valence-electron chi connectivity index (χ1n) is 8.56. The zero-order chi connectivity index (χ0) is 19.3. The van der Waals surface area contributed by atoms with Gasteiger partial charge < -0.3 is 29.4 Å². The number of carbonyl (C=O) groups excluding carboxylic acids is 2. The number of benzene rings is 1. The summed E-state index contributed by atoms with van der Waals surface area (Å²) in [5.41, 5.74) is 0.863. The second-order valence-corrected chi connectivity index (χ2v) is 7.12. The van der Waals surface area contributed by atoms with E-state index in [4.69, 9.17) is 4.74 Å². The molecule has 2 saturated heterocycles. The maximum atomic E-state index is 12.8. The fourth-order valence-electron chi connectivity index (χ4n) is 4.31. The van der Waals surface area contributed by atoms with Gasteiger partial charge in [0.15, 0.2) is 11.5 Å². The van der Waals surface area contributed by atoms with Crippen molar-refractivity contribution in [3.8, 4) is 11.5 Å². The van der Waals surface area contributed by atoms with E-state index in [-0.39, 0.29) is 42.0 Å². The van der Waals surface area contributed by atoms with Gasteiger partial charge >= 0.3 is 12.1 Å². The van der Waals surface area contributed by atoms with Crippen LogP contribution >= 0.6 is 0 Å². The Bertz CT molecular complexity index is 736. The molecule has 0 bridgehead atoms. The van der Waals surface area contributed by atoms with Gasteiger partial charge in [0.05, 0.1) is 13.2 Å². The molecule has 1 aromatic rings. The number of phenols is 1. The van der Waals surface area contributed by atoms with Gasteiger partial charge in [-0.05, 0) is 24.6 Å². The van der Waals surface area contributed by atoms with Crippen molar-refractivity contribution >= 4 is 12.1 Å². The number of rotatable bonds is 2. The van der Waals surface area contributed by atoms with Crippen LogP contribution in [0.4, 0.5) is 9.59 Å². The van der Waals surface area contributed by atoms with E-state index in [0.29, 0.717) is 5.75 Å². The largest absolute Gasteiger partial charge is 0.504 e. The molecule has 2 aliphatic heterocycles. The van der Waals surface area contributed by atoms with E-state index in [9.17, 15) is 14.7 Å². The van der Waals surface area contributed by atoms with Gasteiger partial charge in [-0.3, -0.25) is 0 Å². The molecule has 0 radical (unpaired) electrons. The molecule has 0 aromatic heterocycles. The van der Waals surface area contributed by atoms with Crippen LogP contribution in [0.2, 0.25) is 0 Å². The fraction of sp³-hybridized carbons (Fsp3) is 0.556. The maximum absolute atomic E-state index is 12.8. The fourth-order valence-corrected chi connectivity index (χ4v) is 4.31. The zero-order valence-corrected chi connectivity index (χ0v) is 16.0. The lowest BCUT2D eigenvalue weighted by molar-refractivity contribution is -0.0652. The van der Waals surface area contributed by atoms with Crippen molar-refractivity contribution in [2.75, 3.05) is 35.3 Å². The van der Waals surface area contributed by atoms with E-state index < -0.39 is 0 Å². The molecular weight excluding hydrogens is 336 g/mol. The maximum Gasteiger partial charge on any atom is 0.321 e. The summed E-state index contributed by atoms with van der Waals surface area (Å²) in [5.74, 6) is 0.375. The normalized spacial score (nSPS) is 29.2. The lowest BCUT2D eigenvalue weighted by Gasteiger charge is -2.57. The summed E-state index contributed by atoms with van der Waals surface area (Å²) in [6.07, 6.45) is -0.345. The average molecular weight is 362 g/mol. The smallest absolute Gasteiger partial charge is 0.321 e. The Labute approximate surface area is 153 Å². The first kappa shape index (κ1) is 18.2. The topological polar surface area (TPSA) is 76.6 Å². The molecule has 0 saturated carbocycles. The van der Waals surface area contributed by atoms with Gasteiger partial charge in [0.2, 0.25) is 0 Å². The molecule has 2 heterocycles. The van der Waals surface area contributed by atoms with Crippen LogP contribution in [-0.2, 0) is 0 Å². The molecule has 8 heteroatoms. The number of nitrogens with zero attached hydrogens (tertiary/aromatic N) is 4. The zero-order valence-electron chi connectivity index (χ0n) is 16.0. The Balaban J connectivity index is 2.13. The second-order valence-electron chi connectivity index (χ2n) is 7.12. The lowest BCUT2D eigenvalue weighted by atomic mass is 9.80. The third-order valence-electron chi connectivity index (χ3n) is 5.84. The second kappa shape index (κ2) is 6.26. The molecule has 2 fully saturated rings. The Morgan fingerprint density at radius 2 is 1.54 bits per heavy atom. The molecule has 1 N–H and O–H groups in total. The molecule has 3 rings (SSSR count). The number of urea groups is 2. The van der Waals surface area contributed by atoms with Crippen molar-refractivity contribution in [3.05, 3.63) is 23.8 Å². The van der Waals surface area contributed by atoms with Crippen LogP contribution < -0.4 is 4.74 Å². The summed E-state index contributed by atoms with van der Waals surface area (Å²) in [6, 6.07) is 4.54. The highest BCUT2D eigenvalue weighted by molar-refractivity contribution is 5.80. The first-order valence-corrected chi connectivity index (χ1v) is 8.56. The summed E-state index contributed by atoms with van der Waals surface area (Å²) < 4.78 is 5.24. The standard InChI is InChI=1S/C18H26N4O4/c1-10-14-15(11-7-8-12(23)13(9-11)26-6)20(3)18(25)22(5)16(14)21(4)17(24)19(10)2/h7-10,14-16,23H,1-6H3/t10-,14+,15+,16+/m0/s1. The van der Waals surface area contributed by atoms with Crippen molar-refractivity contribution in [2.24, 2.45) is 5.92 Å². The van der Waals surface area contributed by atoms with Crippen LogP contribution in [-0.4, -0.2) is 84.3 Å². The van der Waals surface area contributed by atoms with Gasteiger partial charge in [0.25, 0.3) is 0 Å². The van der Waals surface area contributed by atoms with Crippen LogP contribution in [0, 0.1) is 5.92 Å². The number of hydrogen-bond acceptors (Lipinski definition) is 4. The van der Waals surface area contributed by atoms with E-state index in [1.165, 1.54) is 7.11 Å². The Morgan fingerprint density at radius 3 is 2.12 bits per heavy atom. The summed E-state index contributed by atoms with van der Waals surface area (Å²) >= 11 is 0. The highest BCUT2D eigenvalue weighted by Gasteiger charge is 2.54. The highest BCUT2D eigenvalue weighted by atomic mass is 16.5. The molecule has 1 aromatic carbocycles. The molecule has 2 aliphatic rings. The van der Waals surface area contributed by atoms with Gasteiger partial charge in [0.1, 0.15) is 6.17 Å². The predicted octanol–water partition coefficient (Wildman–Crippen LogP) is 1.77. The van der Waals surface area contributed by atoms with Crippen molar-refractivity contribution in [2.45, 2.75) is 25.2 Å². The Hall–Kier alpha value is -2.64. The van der Waals surface area contributed by atoms with Crippen LogP contribution in [0.1, 0.15) is 18.5 Å². The molecule has 26 heavy (non-hydrogen) atoms. The van der Waals surface area contributed by atoms with Crippen LogP contribution in [0.5, 0.6) is 11.5 Å². The van der Waals surface area contributed by atoms with Crippen molar-refractivity contribution < 1.29 is 19.4 Å². The summed E-state index contributed by atoms with van der Waals surface area (Å²) in [4.78, 5) is 32.1. The molecular formula is C18H26N4O4. The number of ether oxygens (including phenoxy) is 1. The van der Waals surface area contributed by atoms with E-state index in [2.05, 4.69) is 0 Å². The van der Waals surface area contributed by atoms with Crippen molar-refractivity contribution in [1.82, 2.24) is 19.6 Å². The molecule has 142 valence electrons. The van der Waals surface area contributed by atoms with E-state index in [1.54, 1.807) is 66.0 Å². The highest BCUT2D eigenvalue weighted by Crippen LogP contribution is 2.44. The Kier molecular flexibility index (Phi) is 4.37. The van der Waals surface area contributed by atoms with E-state index in [0.717, 1.165) is 5.56 Å². The van der Waals surface area contributed by atoms with Crippen molar-refractivity contribution in [3.63, 3.8) is 0 Å². The van der Waals surface area contributed by atoms with Crippen LogP contribution in [0.3, 0.4) is 0 Å². The number of amides is 4. The van der Waals surface area contributed by atoms with Crippen LogP contribution in [0.25, 0.3) is 0 Å². The minimum atomic E-state index is -0.345. The molecule has 0 spiro atoms. The van der Waals surface area contributed by atoms with E-state index >= 15 is 0 Å². The summed E-state index contributed by atoms with van der Waals surface area (Å²) in [5, 5.41) is 9.92. The summed E-state index contributed by atoms with van der Waals surface area (Å²) in [6.45, 7) is 2.00. The average Bonchev–Trinajstić information content (AvgIpc) is 2.63. The van der Waals surface area contributed by atoms with E-state index in [1.807, 2.05) is 6.92 Å². The molecule has 4 amide bonds. The molecule has 0 aliphatic carbocycles. The minimum absolute atomic E-state index is 0.0374. The number of hydrogen-bond donors (Lipinski definition) is 1. The molecule has 8 nitrogen and oxygen atoms in total. The molecule has 4 atom stereocenters. The SMILES string of the molecule is COc1cc([C@@H]2[C@@H]3[C@@H](N(C)C(=O)N2C)N(C)C(=O)N(C)[C@H]3C)ccc1O. The molecule has 0 unspecified atom stereocenters. The van der Waals surface area contributed by atoms with Gasteiger partial charge in [-0.15, -0.1) is 0 Å². The summed E-state index contributed by atoms with van der Waals surface area (Å²) in [7, 11) is 8.50. The van der Waals surface area contributed by atoms with Gasteiger partial charge in [-0.25, -0.2) is 9.59 Å². The predicted molar refractivity (Wildman–Crippen MR) is 96.0 cm³/mol. The number of carbonyl (C=O) groups is 2. The number of methoxy groups -OCH3 is 1. The third-order valence-corrected chi connectivity index (χ3v) is 5.84. The Morgan fingerprint density at radius 1 is 0.962 bits per heavy atom. The van der Waals surface area contributed by atoms with Gasteiger partial charge in [-0.1, -0.05) is 6.07 Å². The number of fused-ring (bicyclic) bond motifs is 1. The monoisotopic (exact) mass is 362 g/mol.